The lowest BCUT2D eigenvalue weighted by Crippen LogP contribution is -2.49. The topological polar surface area (TPSA) is 68.3 Å². The zero-order valence-electron chi connectivity index (χ0n) is 15.0. The minimum atomic E-state index is -0.0914. The number of piperidine rings is 1. The Balaban J connectivity index is 1.44. The predicted molar refractivity (Wildman–Crippen MR) is 93.0 cm³/mol. The van der Waals surface area contributed by atoms with Gasteiger partial charge in [-0.05, 0) is 30.5 Å². The highest BCUT2D eigenvalue weighted by atomic mass is 16.7. The first kappa shape index (κ1) is 17.1. The van der Waals surface area contributed by atoms with Crippen LogP contribution < -0.4 is 9.47 Å². The first-order chi connectivity index (χ1) is 12.7. The number of nitrogens with zero attached hydrogens (tertiary/aromatic N) is 2. The first-order valence-electron chi connectivity index (χ1n) is 9.11. The molecule has 2 bridgehead atoms. The lowest BCUT2D eigenvalue weighted by atomic mass is 9.94. The van der Waals surface area contributed by atoms with Crippen molar-refractivity contribution in [1.29, 1.82) is 0 Å². The van der Waals surface area contributed by atoms with Gasteiger partial charge in [-0.2, -0.15) is 0 Å². The molecule has 2 atom stereocenters. The maximum absolute atomic E-state index is 12.9. The van der Waals surface area contributed by atoms with E-state index in [4.69, 9.17) is 14.2 Å². The predicted octanol–water partition coefficient (Wildman–Crippen LogP) is 1.05. The van der Waals surface area contributed by atoms with Crippen molar-refractivity contribution >= 4 is 11.8 Å². The SMILES string of the molecule is COCCN1C(=O)[C@@H]2CC[C@H]1CN(C(=O)Cc1ccc3c(c1)OCO3)C2. The average molecular weight is 360 g/mol. The highest BCUT2D eigenvalue weighted by molar-refractivity contribution is 5.84. The molecule has 2 amide bonds. The van der Waals surface area contributed by atoms with E-state index in [2.05, 4.69) is 0 Å². The Morgan fingerprint density at radius 2 is 2.08 bits per heavy atom. The molecule has 7 nitrogen and oxygen atoms in total. The average Bonchev–Trinajstić information content (AvgIpc) is 2.93. The second-order valence-electron chi connectivity index (χ2n) is 7.12. The van der Waals surface area contributed by atoms with Crippen molar-refractivity contribution in [2.75, 3.05) is 40.1 Å². The number of amides is 2. The van der Waals surface area contributed by atoms with Crippen molar-refractivity contribution in [2.45, 2.75) is 25.3 Å². The van der Waals surface area contributed by atoms with Crippen LogP contribution in [-0.2, 0) is 20.7 Å². The van der Waals surface area contributed by atoms with Crippen LogP contribution >= 0.6 is 0 Å². The van der Waals surface area contributed by atoms with Gasteiger partial charge in [0, 0.05) is 32.8 Å². The second-order valence-corrected chi connectivity index (χ2v) is 7.12. The van der Waals surface area contributed by atoms with E-state index < -0.39 is 0 Å². The zero-order chi connectivity index (χ0) is 18.1. The normalized spacial score (nSPS) is 24.1. The largest absolute Gasteiger partial charge is 0.454 e. The summed E-state index contributed by atoms with van der Waals surface area (Å²) in [5.74, 6) is 1.53. The highest BCUT2D eigenvalue weighted by Crippen LogP contribution is 2.33. The van der Waals surface area contributed by atoms with Crippen molar-refractivity contribution in [3.05, 3.63) is 23.8 Å². The lowest BCUT2D eigenvalue weighted by Gasteiger charge is -2.35. The van der Waals surface area contributed by atoms with Gasteiger partial charge in [0.1, 0.15) is 0 Å². The minimum Gasteiger partial charge on any atom is -0.454 e. The van der Waals surface area contributed by atoms with E-state index in [-0.39, 0.29) is 30.6 Å². The maximum atomic E-state index is 12.9. The van der Waals surface area contributed by atoms with Crippen molar-refractivity contribution < 1.29 is 23.8 Å². The van der Waals surface area contributed by atoms with Crippen LogP contribution in [0.5, 0.6) is 11.5 Å². The van der Waals surface area contributed by atoms with E-state index in [0.717, 1.165) is 18.4 Å². The summed E-state index contributed by atoms with van der Waals surface area (Å²) in [5.41, 5.74) is 0.901. The molecule has 0 unspecified atom stereocenters. The van der Waals surface area contributed by atoms with E-state index in [9.17, 15) is 9.59 Å². The number of methoxy groups -OCH3 is 1. The summed E-state index contributed by atoms with van der Waals surface area (Å²) in [4.78, 5) is 29.3. The van der Waals surface area contributed by atoms with Crippen LogP contribution in [0.3, 0.4) is 0 Å². The number of ether oxygens (including phenoxy) is 3. The van der Waals surface area contributed by atoms with Gasteiger partial charge in [0.05, 0.1) is 18.9 Å². The molecule has 4 aliphatic rings. The molecule has 3 saturated heterocycles. The number of benzene rings is 1. The molecule has 3 fully saturated rings. The van der Waals surface area contributed by atoms with Gasteiger partial charge in [-0.25, -0.2) is 0 Å². The van der Waals surface area contributed by atoms with Gasteiger partial charge in [-0.3, -0.25) is 9.59 Å². The van der Waals surface area contributed by atoms with E-state index in [0.29, 0.717) is 44.2 Å². The fourth-order valence-electron chi connectivity index (χ4n) is 4.06. The summed E-state index contributed by atoms with van der Waals surface area (Å²) < 4.78 is 15.8. The van der Waals surface area contributed by atoms with Crippen LogP contribution in [0.2, 0.25) is 0 Å². The monoisotopic (exact) mass is 360 g/mol. The Kier molecular flexibility index (Phi) is 4.72. The Morgan fingerprint density at radius 3 is 2.92 bits per heavy atom. The van der Waals surface area contributed by atoms with E-state index in [1.807, 2.05) is 28.0 Å². The highest BCUT2D eigenvalue weighted by Gasteiger charge is 2.41. The lowest BCUT2D eigenvalue weighted by molar-refractivity contribution is -0.140. The molecule has 0 saturated carbocycles. The van der Waals surface area contributed by atoms with Gasteiger partial charge in [-0.15, -0.1) is 0 Å². The number of carbonyl (C=O) groups excluding carboxylic acids is 2. The molecule has 0 N–H and O–H groups in total. The smallest absolute Gasteiger partial charge is 0.231 e. The molecule has 0 radical (unpaired) electrons. The molecule has 26 heavy (non-hydrogen) atoms. The molecule has 5 rings (SSSR count). The number of hydrogen-bond donors (Lipinski definition) is 0. The van der Waals surface area contributed by atoms with Crippen LogP contribution in [-0.4, -0.2) is 67.8 Å². The van der Waals surface area contributed by atoms with Crippen LogP contribution in [0.15, 0.2) is 18.2 Å². The third-order valence-corrected chi connectivity index (χ3v) is 5.47. The molecular weight excluding hydrogens is 336 g/mol. The van der Waals surface area contributed by atoms with E-state index in [1.54, 1.807) is 7.11 Å². The van der Waals surface area contributed by atoms with Crippen molar-refractivity contribution in [3.8, 4) is 11.5 Å². The summed E-state index contributed by atoms with van der Waals surface area (Å²) in [5, 5.41) is 0. The Hall–Kier alpha value is -2.28. The fourth-order valence-corrected chi connectivity index (χ4v) is 4.06. The summed E-state index contributed by atoms with van der Waals surface area (Å²) >= 11 is 0. The number of rotatable bonds is 5. The van der Waals surface area contributed by atoms with E-state index in [1.165, 1.54) is 0 Å². The van der Waals surface area contributed by atoms with Crippen molar-refractivity contribution in [3.63, 3.8) is 0 Å². The summed E-state index contributed by atoms with van der Waals surface area (Å²) in [6.45, 7) is 2.47. The molecule has 4 heterocycles. The molecule has 0 aromatic heterocycles. The second kappa shape index (κ2) is 7.15. The standard InChI is InChI=1S/C19H24N2O5/c1-24-7-6-21-15-4-3-14(19(21)23)10-20(11-15)18(22)9-13-2-5-16-17(8-13)26-12-25-16/h2,5,8,14-15H,3-4,6-7,9-12H2,1H3/t14-,15+/m1/s1. The zero-order valence-corrected chi connectivity index (χ0v) is 15.0. The van der Waals surface area contributed by atoms with E-state index >= 15 is 0 Å². The van der Waals surface area contributed by atoms with Crippen molar-refractivity contribution in [1.82, 2.24) is 9.80 Å². The van der Waals surface area contributed by atoms with Gasteiger partial charge in [0.2, 0.25) is 18.6 Å². The third kappa shape index (κ3) is 3.23. The molecule has 1 aromatic carbocycles. The van der Waals surface area contributed by atoms with Gasteiger partial charge in [0.25, 0.3) is 0 Å². The van der Waals surface area contributed by atoms with Crippen molar-refractivity contribution in [2.24, 2.45) is 5.92 Å². The van der Waals surface area contributed by atoms with Gasteiger partial charge >= 0.3 is 0 Å². The van der Waals surface area contributed by atoms with Crippen LogP contribution in [0.25, 0.3) is 0 Å². The number of carbonyl (C=O) groups is 2. The molecule has 0 spiro atoms. The maximum Gasteiger partial charge on any atom is 0.231 e. The molecule has 140 valence electrons. The van der Waals surface area contributed by atoms with Crippen LogP contribution in [0, 0.1) is 5.92 Å². The van der Waals surface area contributed by atoms with Crippen LogP contribution in [0.1, 0.15) is 18.4 Å². The van der Waals surface area contributed by atoms with Gasteiger partial charge < -0.3 is 24.0 Å². The first-order valence-corrected chi connectivity index (χ1v) is 9.11. The minimum absolute atomic E-state index is 0.0576. The summed E-state index contributed by atoms with van der Waals surface area (Å²) in [7, 11) is 1.64. The molecule has 1 aromatic rings. The molecule has 4 aliphatic heterocycles. The van der Waals surface area contributed by atoms with Gasteiger partial charge in [-0.1, -0.05) is 6.07 Å². The van der Waals surface area contributed by atoms with Gasteiger partial charge in [0.15, 0.2) is 11.5 Å². The molecule has 7 heteroatoms. The Labute approximate surface area is 152 Å². The summed E-state index contributed by atoms with van der Waals surface area (Å²) in [6.07, 6.45) is 2.12. The number of fused-ring (bicyclic) bond motifs is 5. The third-order valence-electron chi connectivity index (χ3n) is 5.47. The quantitative estimate of drug-likeness (QED) is 0.785. The molecule has 0 aliphatic carbocycles. The Bertz CT molecular complexity index is 707. The van der Waals surface area contributed by atoms with Crippen LogP contribution in [0.4, 0.5) is 0 Å². The summed E-state index contributed by atoms with van der Waals surface area (Å²) in [6, 6.07) is 5.70. The Morgan fingerprint density at radius 1 is 1.23 bits per heavy atom. The number of hydrogen-bond acceptors (Lipinski definition) is 5. The fraction of sp³-hybridized carbons (Fsp3) is 0.579. The molecular formula is C19H24N2O5.